The van der Waals surface area contributed by atoms with Crippen molar-refractivity contribution in [1.82, 2.24) is 40.2 Å². The van der Waals surface area contributed by atoms with Crippen LogP contribution >= 0.6 is 15.9 Å². The lowest BCUT2D eigenvalue weighted by molar-refractivity contribution is 0.0496. The van der Waals surface area contributed by atoms with Gasteiger partial charge < -0.3 is 25.3 Å². The molecule has 1 amide bonds. The van der Waals surface area contributed by atoms with Crippen molar-refractivity contribution >= 4 is 61.7 Å². The number of hydrogen-bond donors (Lipinski definition) is 3. The molecule has 3 N–H and O–H groups in total. The monoisotopic (exact) mass is 570 g/mol. The van der Waals surface area contributed by atoms with E-state index in [-0.39, 0.29) is 12.1 Å². The number of fused-ring (bicyclic) bond motifs is 2. The fraction of sp³-hybridized carbons (Fsp3) is 0.500. The Morgan fingerprint density at radius 1 is 1.30 bits per heavy atom. The standard InChI is InChI=1S/C24H31BrN10O2/c1-7-15-18(25)17-19(29-15)30-22(27-13-8-16-20(26-9-13)35(12(2)3)33-32-16)31-21(17)34-10-14(11-34)28-23(36)37-24(4,5)6/h8-9,12,14H,7,10-11H2,1-6H3,(H,28,36)(H2,27,29,30,31). The predicted octanol–water partition coefficient (Wildman–Crippen LogP) is 4.46. The minimum Gasteiger partial charge on any atom is -0.444 e. The van der Waals surface area contributed by atoms with Crippen LogP contribution in [0.4, 0.5) is 22.2 Å². The minimum atomic E-state index is -0.541. The van der Waals surface area contributed by atoms with Crippen LogP contribution in [0.5, 0.6) is 0 Å². The molecule has 5 rings (SSSR count). The summed E-state index contributed by atoms with van der Waals surface area (Å²) >= 11 is 3.73. The topological polar surface area (TPSA) is 139 Å². The van der Waals surface area contributed by atoms with E-state index < -0.39 is 11.7 Å². The summed E-state index contributed by atoms with van der Waals surface area (Å²) in [6.07, 6.45) is 2.12. The average Bonchev–Trinajstić information content (AvgIpc) is 3.35. The Morgan fingerprint density at radius 2 is 2.05 bits per heavy atom. The lowest BCUT2D eigenvalue weighted by Gasteiger charge is -2.40. The van der Waals surface area contributed by atoms with Gasteiger partial charge in [-0.25, -0.2) is 14.5 Å². The number of ether oxygens (including phenoxy) is 1. The maximum atomic E-state index is 12.2. The molecule has 1 aliphatic rings. The normalized spacial score (nSPS) is 14.4. The van der Waals surface area contributed by atoms with Gasteiger partial charge in [-0.1, -0.05) is 12.1 Å². The summed E-state index contributed by atoms with van der Waals surface area (Å²) in [7, 11) is 0. The molecule has 0 saturated carbocycles. The number of carbonyl (C=O) groups is 1. The van der Waals surface area contributed by atoms with E-state index in [9.17, 15) is 4.79 Å². The van der Waals surface area contributed by atoms with Crippen LogP contribution < -0.4 is 15.5 Å². The van der Waals surface area contributed by atoms with Crippen LogP contribution in [0, 0.1) is 0 Å². The number of aromatic amines is 1. The summed E-state index contributed by atoms with van der Waals surface area (Å²) in [5, 5.41) is 15.6. The molecule has 196 valence electrons. The molecule has 0 aromatic carbocycles. The van der Waals surface area contributed by atoms with Gasteiger partial charge in [-0.15, -0.1) is 5.10 Å². The Morgan fingerprint density at radius 3 is 2.73 bits per heavy atom. The molecule has 0 aliphatic carbocycles. The maximum Gasteiger partial charge on any atom is 0.407 e. The number of rotatable bonds is 6. The van der Waals surface area contributed by atoms with Crippen molar-refractivity contribution in [3.8, 4) is 0 Å². The summed E-state index contributed by atoms with van der Waals surface area (Å²) in [5.74, 6) is 1.21. The molecular weight excluding hydrogens is 540 g/mol. The van der Waals surface area contributed by atoms with Gasteiger partial charge in [0.2, 0.25) is 5.95 Å². The lowest BCUT2D eigenvalue weighted by atomic mass is 10.1. The third-order valence-corrected chi connectivity index (χ3v) is 6.83. The van der Waals surface area contributed by atoms with Crippen LogP contribution in [0.2, 0.25) is 0 Å². The number of amides is 1. The summed E-state index contributed by atoms with van der Waals surface area (Å²) in [6, 6.07) is 2.01. The molecule has 1 saturated heterocycles. The zero-order valence-electron chi connectivity index (χ0n) is 21.8. The highest BCUT2D eigenvalue weighted by atomic mass is 79.9. The molecule has 0 atom stereocenters. The van der Waals surface area contributed by atoms with Gasteiger partial charge in [0, 0.05) is 18.8 Å². The summed E-state index contributed by atoms with van der Waals surface area (Å²) in [5.41, 5.74) is 3.35. The van der Waals surface area contributed by atoms with E-state index in [0.717, 1.165) is 39.1 Å². The zero-order valence-corrected chi connectivity index (χ0v) is 23.3. The molecule has 4 aromatic rings. The highest BCUT2D eigenvalue weighted by Crippen LogP contribution is 2.37. The molecule has 13 heteroatoms. The second-order valence-electron chi connectivity index (χ2n) is 10.4. The predicted molar refractivity (Wildman–Crippen MR) is 145 cm³/mol. The van der Waals surface area contributed by atoms with Crippen molar-refractivity contribution in [2.24, 2.45) is 0 Å². The molecule has 0 bridgehead atoms. The molecule has 0 spiro atoms. The van der Waals surface area contributed by atoms with Crippen LogP contribution in [-0.2, 0) is 11.2 Å². The van der Waals surface area contributed by atoms with Crippen molar-refractivity contribution in [2.45, 2.75) is 65.6 Å². The average molecular weight is 571 g/mol. The maximum absolute atomic E-state index is 12.2. The first-order valence-electron chi connectivity index (χ1n) is 12.3. The number of halogens is 1. The van der Waals surface area contributed by atoms with Gasteiger partial charge in [-0.05, 0) is 63.0 Å². The molecule has 1 aliphatic heterocycles. The molecule has 37 heavy (non-hydrogen) atoms. The number of pyridine rings is 1. The van der Waals surface area contributed by atoms with Crippen molar-refractivity contribution < 1.29 is 9.53 Å². The number of carbonyl (C=O) groups excluding carboxylic acids is 1. The zero-order chi connectivity index (χ0) is 26.5. The minimum absolute atomic E-state index is 0.0326. The van der Waals surface area contributed by atoms with Crippen LogP contribution in [0.15, 0.2) is 16.7 Å². The Kier molecular flexibility index (Phi) is 6.42. The highest BCUT2D eigenvalue weighted by Gasteiger charge is 2.33. The molecule has 0 unspecified atom stereocenters. The van der Waals surface area contributed by atoms with E-state index in [1.165, 1.54) is 0 Å². The van der Waals surface area contributed by atoms with Crippen molar-refractivity contribution in [3.05, 3.63) is 22.4 Å². The second-order valence-corrected chi connectivity index (χ2v) is 11.2. The summed E-state index contributed by atoms with van der Waals surface area (Å²) in [6.45, 7) is 12.9. The van der Waals surface area contributed by atoms with Crippen LogP contribution in [0.25, 0.3) is 22.2 Å². The quantitative estimate of drug-likeness (QED) is 0.306. The fourth-order valence-electron chi connectivity index (χ4n) is 4.22. The van der Waals surface area contributed by atoms with Crippen molar-refractivity contribution in [2.75, 3.05) is 23.3 Å². The molecule has 5 heterocycles. The first kappa shape index (κ1) is 25.2. The third kappa shape index (κ3) is 5.04. The van der Waals surface area contributed by atoms with Gasteiger partial charge in [0.1, 0.15) is 22.6 Å². The smallest absolute Gasteiger partial charge is 0.407 e. The molecule has 1 fully saturated rings. The third-order valence-electron chi connectivity index (χ3n) is 5.96. The van der Waals surface area contributed by atoms with E-state index in [4.69, 9.17) is 14.7 Å². The van der Waals surface area contributed by atoms with Gasteiger partial charge >= 0.3 is 6.09 Å². The number of nitrogens with zero attached hydrogens (tertiary/aromatic N) is 7. The fourth-order valence-corrected chi connectivity index (χ4v) is 4.96. The van der Waals surface area contributed by atoms with Gasteiger partial charge in [0.05, 0.1) is 33.8 Å². The Hall–Kier alpha value is -3.48. The summed E-state index contributed by atoms with van der Waals surface area (Å²) < 4.78 is 8.12. The van der Waals surface area contributed by atoms with Crippen LogP contribution in [0.1, 0.15) is 53.3 Å². The van der Waals surface area contributed by atoms with Gasteiger partial charge in [0.25, 0.3) is 0 Å². The molecule has 4 aromatic heterocycles. The number of nitrogens with one attached hydrogen (secondary N) is 3. The number of alkyl carbamates (subject to hydrolysis) is 1. The molecule has 12 nitrogen and oxygen atoms in total. The van der Waals surface area contributed by atoms with E-state index >= 15 is 0 Å². The highest BCUT2D eigenvalue weighted by molar-refractivity contribution is 9.10. The Labute approximate surface area is 222 Å². The van der Waals surface area contributed by atoms with Gasteiger partial charge in [-0.3, -0.25) is 0 Å². The number of aromatic nitrogens is 7. The van der Waals surface area contributed by atoms with Gasteiger partial charge in [0.15, 0.2) is 5.65 Å². The van der Waals surface area contributed by atoms with Crippen molar-refractivity contribution in [1.29, 1.82) is 0 Å². The number of H-pyrrole nitrogens is 1. The van der Waals surface area contributed by atoms with Crippen LogP contribution in [-0.4, -0.2) is 65.8 Å². The summed E-state index contributed by atoms with van der Waals surface area (Å²) in [4.78, 5) is 31.8. The Balaban J connectivity index is 1.41. The SMILES string of the molecule is CCc1[nH]c2nc(Nc3cnc4c(c3)nnn4C(C)C)nc(N3CC(NC(=O)OC(C)(C)C)C3)c2c1Br. The molecule has 0 radical (unpaired) electrons. The number of anilines is 3. The van der Waals surface area contributed by atoms with E-state index in [1.807, 2.05) is 40.7 Å². The second kappa shape index (κ2) is 9.43. The van der Waals surface area contributed by atoms with E-state index in [2.05, 4.69) is 58.7 Å². The van der Waals surface area contributed by atoms with Crippen molar-refractivity contribution in [3.63, 3.8) is 0 Å². The number of aryl methyl sites for hydroxylation is 1. The molecular formula is C24H31BrN10O2. The first-order valence-corrected chi connectivity index (χ1v) is 13.1. The van der Waals surface area contributed by atoms with Crippen LogP contribution in [0.3, 0.4) is 0 Å². The van der Waals surface area contributed by atoms with Gasteiger partial charge in [-0.2, -0.15) is 9.97 Å². The van der Waals surface area contributed by atoms with E-state index in [1.54, 1.807) is 10.9 Å². The lowest BCUT2D eigenvalue weighted by Crippen LogP contribution is -2.60. The first-order chi connectivity index (χ1) is 17.5. The Bertz CT molecular complexity index is 1470. The number of hydrogen-bond acceptors (Lipinski definition) is 9. The van der Waals surface area contributed by atoms with E-state index in [0.29, 0.717) is 30.2 Å². The largest absolute Gasteiger partial charge is 0.444 e.